The molecule has 6 heteroatoms. The van der Waals surface area contributed by atoms with Crippen LogP contribution >= 0.6 is 0 Å². The zero-order chi connectivity index (χ0) is 15.5. The number of aromatic carboxylic acids is 1. The Morgan fingerprint density at radius 2 is 1.68 bits per heavy atom. The average Bonchev–Trinajstić information content (AvgIpc) is 2.53. The standard InChI is InChI=1S/C16H10N2O4/c19-15(20)13-9-10-8-12(6-7-14(10)22-16(13)21)18-17-11-4-2-1-3-5-11/h1-9H,(H,19,20)/b18-17+. The first-order valence-electron chi connectivity index (χ1n) is 6.41. The number of hydrogen-bond donors (Lipinski definition) is 1. The van der Waals surface area contributed by atoms with Gasteiger partial charge >= 0.3 is 11.6 Å². The molecule has 0 amide bonds. The minimum atomic E-state index is -1.33. The maximum Gasteiger partial charge on any atom is 0.351 e. The normalized spacial score (nSPS) is 11.1. The first kappa shape index (κ1) is 13.7. The van der Waals surface area contributed by atoms with E-state index in [2.05, 4.69) is 10.2 Å². The van der Waals surface area contributed by atoms with Crippen LogP contribution < -0.4 is 5.63 Å². The Labute approximate surface area is 124 Å². The molecule has 0 saturated carbocycles. The molecular formula is C16H10N2O4. The van der Waals surface area contributed by atoms with E-state index in [9.17, 15) is 9.59 Å². The molecule has 3 rings (SSSR count). The molecule has 1 heterocycles. The summed E-state index contributed by atoms with van der Waals surface area (Å²) in [6.07, 6.45) is 0. The molecule has 1 N–H and O–H groups in total. The summed E-state index contributed by atoms with van der Waals surface area (Å²) in [4.78, 5) is 22.4. The Morgan fingerprint density at radius 3 is 2.41 bits per heavy atom. The van der Waals surface area contributed by atoms with Gasteiger partial charge in [-0.1, -0.05) is 18.2 Å². The molecule has 0 bridgehead atoms. The number of carbonyl (C=O) groups is 1. The fraction of sp³-hybridized carbons (Fsp3) is 0. The Bertz CT molecular complexity index is 930. The maximum atomic E-state index is 11.5. The molecule has 22 heavy (non-hydrogen) atoms. The second kappa shape index (κ2) is 5.61. The molecular weight excluding hydrogens is 284 g/mol. The van der Waals surface area contributed by atoms with Crippen molar-refractivity contribution in [2.75, 3.05) is 0 Å². The van der Waals surface area contributed by atoms with Crippen molar-refractivity contribution in [1.82, 2.24) is 0 Å². The monoisotopic (exact) mass is 294 g/mol. The highest BCUT2D eigenvalue weighted by Crippen LogP contribution is 2.23. The number of carboxylic acids is 1. The third kappa shape index (κ3) is 2.76. The van der Waals surface area contributed by atoms with Crippen LogP contribution in [0, 0.1) is 0 Å². The van der Waals surface area contributed by atoms with E-state index in [4.69, 9.17) is 9.52 Å². The number of hydrogen-bond acceptors (Lipinski definition) is 5. The van der Waals surface area contributed by atoms with Crippen molar-refractivity contribution in [2.24, 2.45) is 10.2 Å². The number of fused-ring (bicyclic) bond motifs is 1. The lowest BCUT2D eigenvalue weighted by Gasteiger charge is -1.99. The molecule has 2 aromatic carbocycles. The van der Waals surface area contributed by atoms with Gasteiger partial charge in [0.15, 0.2) is 0 Å². The van der Waals surface area contributed by atoms with E-state index in [-0.39, 0.29) is 0 Å². The highest BCUT2D eigenvalue weighted by molar-refractivity contribution is 5.92. The highest BCUT2D eigenvalue weighted by atomic mass is 16.4. The third-order valence-corrected chi connectivity index (χ3v) is 2.98. The molecule has 0 fully saturated rings. The van der Waals surface area contributed by atoms with Crippen molar-refractivity contribution in [3.05, 3.63) is 70.6 Å². The van der Waals surface area contributed by atoms with Crippen molar-refractivity contribution >= 4 is 28.3 Å². The molecule has 1 aromatic heterocycles. The van der Waals surface area contributed by atoms with E-state index < -0.39 is 17.2 Å². The van der Waals surface area contributed by atoms with Crippen LogP contribution in [0.3, 0.4) is 0 Å². The zero-order valence-corrected chi connectivity index (χ0v) is 11.3. The number of nitrogens with zero attached hydrogens (tertiary/aromatic N) is 2. The van der Waals surface area contributed by atoms with Crippen molar-refractivity contribution in [1.29, 1.82) is 0 Å². The van der Waals surface area contributed by atoms with Gasteiger partial charge in [0.2, 0.25) is 0 Å². The lowest BCUT2D eigenvalue weighted by atomic mass is 10.1. The second-order valence-electron chi connectivity index (χ2n) is 4.51. The fourth-order valence-corrected chi connectivity index (χ4v) is 1.93. The highest BCUT2D eigenvalue weighted by Gasteiger charge is 2.12. The van der Waals surface area contributed by atoms with Crippen molar-refractivity contribution in [3.8, 4) is 0 Å². The van der Waals surface area contributed by atoms with Crippen molar-refractivity contribution < 1.29 is 14.3 Å². The Balaban J connectivity index is 2.02. The number of carboxylic acid groups (broad SMARTS) is 1. The first-order valence-corrected chi connectivity index (χ1v) is 6.41. The molecule has 0 atom stereocenters. The Hall–Kier alpha value is -3.28. The molecule has 0 aliphatic heterocycles. The van der Waals surface area contributed by atoms with Gasteiger partial charge in [-0.15, -0.1) is 0 Å². The van der Waals surface area contributed by atoms with Gasteiger partial charge < -0.3 is 9.52 Å². The Morgan fingerprint density at radius 1 is 0.955 bits per heavy atom. The molecule has 6 nitrogen and oxygen atoms in total. The molecule has 0 radical (unpaired) electrons. The lowest BCUT2D eigenvalue weighted by molar-refractivity contribution is 0.0692. The predicted molar refractivity (Wildman–Crippen MR) is 80.1 cm³/mol. The summed E-state index contributed by atoms with van der Waals surface area (Å²) in [5.74, 6) is -1.33. The maximum absolute atomic E-state index is 11.5. The van der Waals surface area contributed by atoms with E-state index in [0.717, 1.165) is 0 Å². The topological polar surface area (TPSA) is 92.2 Å². The summed E-state index contributed by atoms with van der Waals surface area (Å²) in [5.41, 5.74) is 0.243. The molecule has 0 spiro atoms. The van der Waals surface area contributed by atoms with E-state index in [1.807, 2.05) is 30.3 Å². The van der Waals surface area contributed by atoms with E-state index in [1.165, 1.54) is 6.07 Å². The average molecular weight is 294 g/mol. The summed E-state index contributed by atoms with van der Waals surface area (Å²) in [5, 5.41) is 17.6. The van der Waals surface area contributed by atoms with Crippen LogP contribution in [0.25, 0.3) is 11.0 Å². The molecule has 0 aliphatic rings. The molecule has 0 aliphatic carbocycles. The van der Waals surface area contributed by atoms with Gasteiger partial charge in [0.05, 0.1) is 11.4 Å². The predicted octanol–water partition coefficient (Wildman–Crippen LogP) is 3.91. The fourth-order valence-electron chi connectivity index (χ4n) is 1.93. The summed E-state index contributed by atoms with van der Waals surface area (Å²) >= 11 is 0. The van der Waals surface area contributed by atoms with Crippen LogP contribution in [0.5, 0.6) is 0 Å². The van der Waals surface area contributed by atoms with Crippen molar-refractivity contribution in [2.45, 2.75) is 0 Å². The molecule has 0 saturated heterocycles. The SMILES string of the molecule is O=C(O)c1cc2cc(/N=N/c3ccccc3)ccc2oc1=O. The van der Waals surface area contributed by atoms with Crippen LogP contribution in [0.4, 0.5) is 11.4 Å². The van der Waals surface area contributed by atoms with Gasteiger partial charge in [-0.05, 0) is 36.4 Å². The van der Waals surface area contributed by atoms with Crippen LogP contribution in [-0.4, -0.2) is 11.1 Å². The Kier molecular flexibility index (Phi) is 3.49. The first-order chi connectivity index (χ1) is 10.6. The summed E-state index contributed by atoms with van der Waals surface area (Å²) in [7, 11) is 0. The summed E-state index contributed by atoms with van der Waals surface area (Å²) < 4.78 is 4.96. The molecule has 0 unspecified atom stereocenters. The van der Waals surface area contributed by atoms with Gasteiger partial charge in [0.25, 0.3) is 0 Å². The van der Waals surface area contributed by atoms with Gasteiger partial charge in [-0.2, -0.15) is 10.2 Å². The van der Waals surface area contributed by atoms with Gasteiger partial charge in [-0.25, -0.2) is 9.59 Å². The second-order valence-corrected chi connectivity index (χ2v) is 4.51. The zero-order valence-electron chi connectivity index (χ0n) is 11.3. The number of azo groups is 1. The smallest absolute Gasteiger partial charge is 0.351 e. The van der Waals surface area contributed by atoms with E-state index in [0.29, 0.717) is 22.3 Å². The van der Waals surface area contributed by atoms with E-state index >= 15 is 0 Å². The van der Waals surface area contributed by atoms with Gasteiger partial charge in [-0.3, -0.25) is 0 Å². The van der Waals surface area contributed by atoms with Crippen LogP contribution in [-0.2, 0) is 0 Å². The summed E-state index contributed by atoms with van der Waals surface area (Å²) in [6, 6.07) is 15.3. The third-order valence-electron chi connectivity index (χ3n) is 2.98. The lowest BCUT2D eigenvalue weighted by Crippen LogP contribution is -2.12. The quantitative estimate of drug-likeness (QED) is 0.585. The molecule has 3 aromatic rings. The van der Waals surface area contributed by atoms with E-state index in [1.54, 1.807) is 18.2 Å². The van der Waals surface area contributed by atoms with Crippen molar-refractivity contribution in [3.63, 3.8) is 0 Å². The van der Waals surface area contributed by atoms with Crippen LogP contribution in [0.15, 0.2) is 74.0 Å². The number of benzene rings is 2. The van der Waals surface area contributed by atoms with Gasteiger partial charge in [0, 0.05) is 5.39 Å². The minimum Gasteiger partial charge on any atom is -0.477 e. The number of rotatable bonds is 3. The minimum absolute atomic E-state index is 0.300. The van der Waals surface area contributed by atoms with Crippen LogP contribution in [0.2, 0.25) is 0 Å². The van der Waals surface area contributed by atoms with Crippen LogP contribution in [0.1, 0.15) is 10.4 Å². The van der Waals surface area contributed by atoms with Gasteiger partial charge in [0.1, 0.15) is 11.1 Å². The summed E-state index contributed by atoms with van der Waals surface area (Å²) in [6.45, 7) is 0. The molecule has 108 valence electrons. The largest absolute Gasteiger partial charge is 0.477 e.